The van der Waals surface area contributed by atoms with E-state index in [2.05, 4.69) is 8.37 Å². The predicted molar refractivity (Wildman–Crippen MR) is 81.3 cm³/mol. The summed E-state index contributed by atoms with van der Waals surface area (Å²) >= 11 is 0. The summed E-state index contributed by atoms with van der Waals surface area (Å²) in [5.41, 5.74) is 0. The Morgan fingerprint density at radius 3 is 2.17 bits per heavy atom. The van der Waals surface area contributed by atoms with Crippen molar-refractivity contribution in [1.82, 2.24) is 0 Å². The van der Waals surface area contributed by atoms with E-state index in [0.717, 1.165) is 0 Å². The lowest BCUT2D eigenvalue weighted by molar-refractivity contribution is -0.321. The van der Waals surface area contributed by atoms with Crippen LogP contribution in [-0.2, 0) is 48.1 Å². The highest BCUT2D eigenvalue weighted by Gasteiger charge is 2.53. The van der Waals surface area contributed by atoms with E-state index in [1.165, 1.54) is 0 Å². The topological polar surface area (TPSA) is 230 Å². The van der Waals surface area contributed by atoms with Gasteiger partial charge in [0, 0.05) is 0 Å². The molecule has 3 N–H and O–H groups in total. The predicted octanol–water partition coefficient (Wildman–Crippen LogP) is -4.70. The van der Waals surface area contributed by atoms with Gasteiger partial charge in [0.15, 0.2) is 6.29 Å². The Labute approximate surface area is 164 Å². The molecule has 3 aliphatic heterocycles. The number of fused-ring (bicyclic) bond motifs is 2. The highest BCUT2D eigenvalue weighted by Crippen LogP contribution is 2.34. The number of ether oxygens (including phenoxy) is 4. The maximum atomic E-state index is 10.9. The van der Waals surface area contributed by atoms with E-state index in [1.807, 2.05) is 0 Å². The normalized spacial score (nSPS) is 43.4. The van der Waals surface area contributed by atoms with Crippen LogP contribution in [0.5, 0.6) is 0 Å². The van der Waals surface area contributed by atoms with Crippen LogP contribution < -0.4 is 0 Å². The molecule has 9 atom stereocenters. The fraction of sp³-hybridized carbons (Fsp3) is 1.00. The van der Waals surface area contributed by atoms with E-state index < -0.39 is 82.5 Å². The molecule has 3 heterocycles. The van der Waals surface area contributed by atoms with Gasteiger partial charge in [-0.25, -0.2) is 16.8 Å². The van der Waals surface area contributed by atoms with Gasteiger partial charge in [-0.2, -0.15) is 0 Å². The number of hydrogen-bond donors (Lipinski definition) is 3. The third kappa shape index (κ3) is 5.39. The third-order valence-electron chi connectivity index (χ3n) is 4.57. The summed E-state index contributed by atoms with van der Waals surface area (Å²) in [6, 6.07) is 0. The van der Waals surface area contributed by atoms with Crippen LogP contribution in [0.1, 0.15) is 0 Å². The Balaban J connectivity index is 1.72. The Hall–Kier alpha value is -0.540. The van der Waals surface area contributed by atoms with Gasteiger partial charge in [-0.15, -0.1) is 0 Å². The molecule has 3 rings (SSSR count). The summed E-state index contributed by atoms with van der Waals surface area (Å²) in [7, 11) is -10.4. The molecule has 0 spiro atoms. The zero-order valence-electron chi connectivity index (χ0n) is 14.4. The quantitative estimate of drug-likeness (QED) is 0.236. The van der Waals surface area contributed by atoms with E-state index >= 15 is 0 Å². The molecule has 29 heavy (non-hydrogen) atoms. The second-order valence-electron chi connectivity index (χ2n) is 6.49. The molecule has 3 aliphatic rings. The Bertz CT molecular complexity index is 781. The first kappa shape index (κ1) is 23.1. The lowest BCUT2D eigenvalue weighted by Gasteiger charge is -2.44. The van der Waals surface area contributed by atoms with E-state index in [1.54, 1.807) is 0 Å². The van der Waals surface area contributed by atoms with Gasteiger partial charge in [-0.1, -0.05) is 0 Å². The second kappa shape index (κ2) is 8.54. The smallest absolute Gasteiger partial charge is 0.218 e. The van der Waals surface area contributed by atoms with E-state index in [0.29, 0.717) is 0 Å². The molecule has 0 unspecified atom stereocenters. The van der Waals surface area contributed by atoms with Crippen LogP contribution in [0, 0.1) is 0 Å². The van der Waals surface area contributed by atoms with Crippen LogP contribution in [0.2, 0.25) is 0 Å². The zero-order chi connectivity index (χ0) is 21.6. The van der Waals surface area contributed by atoms with Crippen LogP contribution in [0.15, 0.2) is 0 Å². The van der Waals surface area contributed by atoms with Crippen molar-refractivity contribution in [3.05, 3.63) is 0 Å². The van der Waals surface area contributed by atoms with Crippen molar-refractivity contribution in [2.45, 2.75) is 55.1 Å². The van der Waals surface area contributed by atoms with Gasteiger partial charge in [0.2, 0.25) is 20.8 Å². The molecule has 3 fully saturated rings. The minimum atomic E-state index is -5.30. The van der Waals surface area contributed by atoms with Crippen molar-refractivity contribution in [1.29, 1.82) is 0 Å². The lowest BCUT2D eigenvalue weighted by atomic mass is 9.98. The molecular weight excluding hydrogens is 448 g/mol. The van der Waals surface area contributed by atoms with Gasteiger partial charge < -0.3 is 43.4 Å². The summed E-state index contributed by atoms with van der Waals surface area (Å²) in [5.74, 6) is 0. The van der Waals surface area contributed by atoms with Crippen LogP contribution in [0.3, 0.4) is 0 Å². The van der Waals surface area contributed by atoms with Crippen LogP contribution in [0.25, 0.3) is 0 Å². The van der Waals surface area contributed by atoms with Gasteiger partial charge in [0.1, 0.15) is 48.8 Å². The molecule has 2 bridgehead atoms. The van der Waals surface area contributed by atoms with Crippen molar-refractivity contribution in [2.24, 2.45) is 0 Å². The molecule has 0 radical (unpaired) electrons. The number of rotatable bonds is 7. The summed E-state index contributed by atoms with van der Waals surface area (Å²) in [4.78, 5) is 0. The van der Waals surface area contributed by atoms with Gasteiger partial charge >= 0.3 is 0 Å². The molecule has 0 aliphatic carbocycles. The van der Waals surface area contributed by atoms with Crippen LogP contribution >= 0.6 is 0 Å². The second-order valence-corrected chi connectivity index (χ2v) is 8.51. The number of aliphatic hydroxyl groups is 3. The van der Waals surface area contributed by atoms with E-state index in [-0.39, 0.29) is 13.2 Å². The number of aliphatic hydroxyl groups excluding tert-OH is 3. The first-order valence-corrected chi connectivity index (χ1v) is 10.9. The molecule has 0 amide bonds. The minimum Gasteiger partial charge on any atom is -0.726 e. The molecule has 3 saturated heterocycles. The standard InChI is InChI=1S/C12H20O15S2/c13-1-4-9(27-29(19,20)21)7(14)8(15)12(24-4)25-11-5-2-23-10(11)6(3-22-5)26-28(16,17)18/h4-15H,1-3H2,(H,16,17,18)(H,19,20,21)/p-2/t4-,5-,6+,7-,8-,9+,10-,11+,12+/m1/s1. The maximum absolute atomic E-state index is 10.9. The van der Waals surface area contributed by atoms with Gasteiger partial charge in [-0.05, 0) is 0 Å². The third-order valence-corrected chi connectivity index (χ3v) is 5.51. The average Bonchev–Trinajstić information content (AvgIpc) is 2.87. The highest BCUT2D eigenvalue weighted by molar-refractivity contribution is 7.81. The fourth-order valence-corrected chi connectivity index (χ4v) is 4.33. The Kier molecular flexibility index (Phi) is 6.81. The maximum Gasteiger partial charge on any atom is 0.218 e. The lowest BCUT2D eigenvalue weighted by Crippen LogP contribution is -2.62. The monoisotopic (exact) mass is 466 g/mol. The molecule has 0 aromatic carbocycles. The molecule has 17 heteroatoms. The van der Waals surface area contributed by atoms with Crippen molar-refractivity contribution in [3.63, 3.8) is 0 Å². The molecule has 0 saturated carbocycles. The van der Waals surface area contributed by atoms with Gasteiger partial charge in [-0.3, -0.25) is 8.37 Å². The van der Waals surface area contributed by atoms with Gasteiger partial charge in [0.25, 0.3) is 0 Å². The van der Waals surface area contributed by atoms with E-state index in [4.69, 9.17) is 18.9 Å². The SMILES string of the molecule is O=S(=O)([O-])O[C@@H]1[C@H](O)[C@@H](O)[C@H](O[C@@H]2[C@@H]3OC[C@H]2OC[C@@H]3OS(=O)(=O)[O-])O[C@@H]1CO. The van der Waals surface area contributed by atoms with Crippen molar-refractivity contribution < 1.29 is 68.6 Å². The van der Waals surface area contributed by atoms with Crippen molar-refractivity contribution in [2.75, 3.05) is 19.8 Å². The molecule has 170 valence electrons. The Morgan fingerprint density at radius 1 is 0.931 bits per heavy atom. The zero-order valence-corrected chi connectivity index (χ0v) is 16.0. The largest absolute Gasteiger partial charge is 0.726 e. The van der Waals surface area contributed by atoms with Crippen LogP contribution in [0.4, 0.5) is 0 Å². The molecule has 0 aromatic heterocycles. The fourth-order valence-electron chi connectivity index (χ4n) is 3.36. The van der Waals surface area contributed by atoms with Crippen molar-refractivity contribution >= 4 is 20.8 Å². The Morgan fingerprint density at radius 2 is 1.59 bits per heavy atom. The summed E-state index contributed by atoms with van der Waals surface area (Å²) in [5, 5.41) is 29.6. The number of hydrogen-bond acceptors (Lipinski definition) is 15. The van der Waals surface area contributed by atoms with Crippen LogP contribution in [-0.4, -0.2) is 116 Å². The minimum absolute atomic E-state index is 0.0664. The summed E-state index contributed by atoms with van der Waals surface area (Å²) < 4.78 is 94.8. The first-order valence-electron chi connectivity index (χ1n) is 8.19. The average molecular weight is 466 g/mol. The molecular formula is C12H18O15S2-2. The van der Waals surface area contributed by atoms with E-state index in [9.17, 15) is 41.3 Å². The summed E-state index contributed by atoms with van der Waals surface area (Å²) in [6.45, 7) is -1.26. The molecule has 0 aromatic rings. The first-order chi connectivity index (χ1) is 13.4. The highest BCUT2D eigenvalue weighted by atomic mass is 32.3. The summed E-state index contributed by atoms with van der Waals surface area (Å²) in [6.07, 6.45) is -13.4. The van der Waals surface area contributed by atoms with Gasteiger partial charge in [0.05, 0.1) is 19.8 Å². The molecule has 15 nitrogen and oxygen atoms in total. The van der Waals surface area contributed by atoms with Crippen molar-refractivity contribution in [3.8, 4) is 0 Å².